The fraction of sp³-hybridized carbons (Fsp3) is 0.333. The van der Waals surface area contributed by atoms with Gasteiger partial charge < -0.3 is 16.2 Å². The molecule has 1 atom stereocenters. The molecule has 1 unspecified atom stereocenters. The molecule has 0 spiro atoms. The van der Waals surface area contributed by atoms with Gasteiger partial charge in [0.1, 0.15) is 6.04 Å². The summed E-state index contributed by atoms with van der Waals surface area (Å²) in [6.07, 6.45) is 4.40. The Morgan fingerprint density at radius 1 is 1.17 bits per heavy atom. The Kier molecular flexibility index (Phi) is 7.82. The number of nitrogens with one attached hydrogen (secondary N) is 1. The first kappa shape index (κ1) is 23.6. The normalized spacial score (nSPS) is 14.6. The van der Waals surface area contributed by atoms with E-state index in [1.807, 2.05) is 44.2 Å². The number of halogens is 1. The first-order valence-electron chi connectivity index (χ1n) is 9.92. The zero-order chi connectivity index (χ0) is 21.1. The largest absolute Gasteiger partial charge is 0.480 e. The molecule has 0 aromatic heterocycles. The summed E-state index contributed by atoms with van der Waals surface area (Å²) in [4.78, 5) is 23.1. The number of hydrogen-bond acceptors (Lipinski definition) is 3. The van der Waals surface area contributed by atoms with Crippen molar-refractivity contribution in [2.75, 3.05) is 0 Å². The smallest absolute Gasteiger partial charge is 0.320 e. The van der Waals surface area contributed by atoms with Crippen LogP contribution in [0, 0.1) is 13.8 Å². The molecule has 0 saturated heterocycles. The van der Waals surface area contributed by atoms with Gasteiger partial charge in [-0.1, -0.05) is 36.4 Å². The minimum absolute atomic E-state index is 0. The van der Waals surface area contributed by atoms with Crippen molar-refractivity contribution in [3.63, 3.8) is 0 Å². The molecular formula is C24H29ClN2O3. The SMILES string of the molecule is C/C(=C\c1cc(C)c(-c2ccc(CC(N)C(=O)O)cc2)cc1C)C(=O)NC1CC1.Cl. The molecule has 160 valence electrons. The van der Waals surface area contributed by atoms with Crippen molar-refractivity contribution >= 4 is 30.4 Å². The van der Waals surface area contributed by atoms with Crippen LogP contribution in [0.25, 0.3) is 17.2 Å². The Morgan fingerprint density at radius 2 is 1.80 bits per heavy atom. The minimum Gasteiger partial charge on any atom is -0.480 e. The zero-order valence-electron chi connectivity index (χ0n) is 17.6. The highest BCUT2D eigenvalue weighted by Crippen LogP contribution is 2.28. The highest BCUT2D eigenvalue weighted by molar-refractivity contribution is 5.97. The van der Waals surface area contributed by atoms with Crippen molar-refractivity contribution in [3.8, 4) is 11.1 Å². The Morgan fingerprint density at radius 3 is 2.37 bits per heavy atom. The Balaban J connectivity index is 0.00000320. The number of hydrogen-bond donors (Lipinski definition) is 3. The molecule has 1 saturated carbocycles. The van der Waals surface area contributed by atoms with E-state index in [0.717, 1.165) is 46.2 Å². The molecule has 1 amide bonds. The lowest BCUT2D eigenvalue weighted by atomic mass is 9.93. The fourth-order valence-corrected chi connectivity index (χ4v) is 3.29. The molecule has 1 aliphatic rings. The molecule has 2 aromatic carbocycles. The molecule has 0 bridgehead atoms. The monoisotopic (exact) mass is 428 g/mol. The average molecular weight is 429 g/mol. The van der Waals surface area contributed by atoms with Gasteiger partial charge in [0.15, 0.2) is 0 Å². The lowest BCUT2D eigenvalue weighted by molar-refractivity contribution is -0.138. The number of nitrogens with two attached hydrogens (primary N) is 1. The summed E-state index contributed by atoms with van der Waals surface area (Å²) >= 11 is 0. The van der Waals surface area contributed by atoms with Crippen molar-refractivity contribution in [2.24, 2.45) is 5.73 Å². The standard InChI is InChI=1S/C24H28N2O3.ClH/c1-14-12-21(18-6-4-17(5-7-18)13-22(25)24(28)29)15(2)10-19(14)11-16(3)23(27)26-20-8-9-20;/h4-7,10-12,20,22H,8-9,13,25H2,1-3H3,(H,26,27)(H,28,29);1H/b16-11+;. The van der Waals surface area contributed by atoms with Crippen LogP contribution in [0.4, 0.5) is 0 Å². The Hall–Kier alpha value is -2.63. The van der Waals surface area contributed by atoms with Crippen LogP contribution in [0.3, 0.4) is 0 Å². The Bertz CT molecular complexity index is 963. The van der Waals surface area contributed by atoms with Gasteiger partial charge in [-0.2, -0.15) is 0 Å². The van der Waals surface area contributed by atoms with Gasteiger partial charge in [0.2, 0.25) is 5.91 Å². The predicted octanol–water partition coefficient (Wildman–Crippen LogP) is 4.03. The zero-order valence-corrected chi connectivity index (χ0v) is 18.4. The van der Waals surface area contributed by atoms with E-state index >= 15 is 0 Å². The number of aryl methyl sites for hydroxylation is 2. The summed E-state index contributed by atoms with van der Waals surface area (Å²) in [5.74, 6) is -0.992. The maximum absolute atomic E-state index is 12.2. The van der Waals surface area contributed by atoms with Gasteiger partial charge in [-0.25, -0.2) is 0 Å². The number of carbonyl (C=O) groups excluding carboxylic acids is 1. The van der Waals surface area contributed by atoms with Gasteiger partial charge in [0, 0.05) is 11.6 Å². The molecular weight excluding hydrogens is 400 g/mol. The molecule has 1 fully saturated rings. The molecule has 3 rings (SSSR count). The second-order valence-electron chi connectivity index (χ2n) is 7.94. The number of amides is 1. The maximum Gasteiger partial charge on any atom is 0.320 e. The summed E-state index contributed by atoms with van der Waals surface area (Å²) in [6, 6.07) is 11.5. The summed E-state index contributed by atoms with van der Waals surface area (Å²) in [7, 11) is 0. The Labute approximate surface area is 183 Å². The lowest BCUT2D eigenvalue weighted by Gasteiger charge is -2.13. The van der Waals surface area contributed by atoms with Crippen LogP contribution in [0.5, 0.6) is 0 Å². The summed E-state index contributed by atoms with van der Waals surface area (Å²) in [5, 5.41) is 12.0. The van der Waals surface area contributed by atoms with Crippen molar-refractivity contribution < 1.29 is 14.7 Å². The van der Waals surface area contributed by atoms with E-state index < -0.39 is 12.0 Å². The minimum atomic E-state index is -0.995. The first-order valence-corrected chi connectivity index (χ1v) is 9.92. The van der Waals surface area contributed by atoms with Crippen LogP contribution in [-0.2, 0) is 16.0 Å². The van der Waals surface area contributed by atoms with Crippen molar-refractivity contribution in [3.05, 3.63) is 64.2 Å². The maximum atomic E-state index is 12.2. The van der Waals surface area contributed by atoms with Crippen LogP contribution in [-0.4, -0.2) is 29.1 Å². The molecule has 30 heavy (non-hydrogen) atoms. The number of rotatable bonds is 7. The van der Waals surface area contributed by atoms with Gasteiger partial charge >= 0.3 is 5.97 Å². The third-order valence-electron chi connectivity index (χ3n) is 5.29. The van der Waals surface area contributed by atoms with Gasteiger partial charge in [0.05, 0.1) is 0 Å². The molecule has 0 aliphatic heterocycles. The van der Waals surface area contributed by atoms with Crippen molar-refractivity contribution in [2.45, 2.75) is 52.1 Å². The van der Waals surface area contributed by atoms with Crippen LogP contribution >= 0.6 is 12.4 Å². The van der Waals surface area contributed by atoms with Crippen molar-refractivity contribution in [1.29, 1.82) is 0 Å². The van der Waals surface area contributed by atoms with E-state index in [9.17, 15) is 9.59 Å². The van der Waals surface area contributed by atoms with Crippen molar-refractivity contribution in [1.82, 2.24) is 5.32 Å². The molecule has 4 N–H and O–H groups in total. The topological polar surface area (TPSA) is 92.4 Å². The number of benzene rings is 2. The molecule has 5 nitrogen and oxygen atoms in total. The predicted molar refractivity (Wildman–Crippen MR) is 123 cm³/mol. The van der Waals surface area contributed by atoms with Crippen LogP contribution in [0.2, 0.25) is 0 Å². The third kappa shape index (κ3) is 5.94. The summed E-state index contributed by atoms with van der Waals surface area (Å²) in [5.41, 5.74) is 12.7. The number of carboxylic acids is 1. The molecule has 1 aliphatic carbocycles. The van der Waals surface area contributed by atoms with Crippen LogP contribution in [0.15, 0.2) is 42.0 Å². The fourth-order valence-electron chi connectivity index (χ4n) is 3.29. The average Bonchev–Trinajstić information content (AvgIpc) is 3.49. The van der Waals surface area contributed by atoms with E-state index in [-0.39, 0.29) is 18.3 Å². The lowest BCUT2D eigenvalue weighted by Crippen LogP contribution is -2.32. The van der Waals surface area contributed by atoms with E-state index in [1.54, 1.807) is 0 Å². The van der Waals surface area contributed by atoms with E-state index in [0.29, 0.717) is 18.0 Å². The van der Waals surface area contributed by atoms with Gasteiger partial charge in [-0.3, -0.25) is 9.59 Å². The summed E-state index contributed by atoms with van der Waals surface area (Å²) < 4.78 is 0. The van der Waals surface area contributed by atoms with Gasteiger partial charge in [-0.15, -0.1) is 12.4 Å². The summed E-state index contributed by atoms with van der Waals surface area (Å²) in [6.45, 7) is 5.95. The molecule has 0 heterocycles. The number of carboxylic acid groups (broad SMARTS) is 1. The van der Waals surface area contributed by atoms with E-state index in [4.69, 9.17) is 10.8 Å². The van der Waals surface area contributed by atoms with Crippen LogP contribution in [0.1, 0.15) is 42.0 Å². The molecule has 2 aromatic rings. The highest BCUT2D eigenvalue weighted by Gasteiger charge is 2.23. The van der Waals surface area contributed by atoms with Crippen LogP contribution < -0.4 is 11.1 Å². The third-order valence-corrected chi connectivity index (χ3v) is 5.29. The highest BCUT2D eigenvalue weighted by atomic mass is 35.5. The van der Waals surface area contributed by atoms with Gasteiger partial charge in [-0.05, 0) is 79.5 Å². The number of carbonyl (C=O) groups is 2. The number of aliphatic carboxylic acids is 1. The molecule has 6 heteroatoms. The van der Waals surface area contributed by atoms with Gasteiger partial charge in [0.25, 0.3) is 0 Å². The van der Waals surface area contributed by atoms with E-state index in [1.165, 1.54) is 0 Å². The second kappa shape index (κ2) is 9.92. The molecule has 0 radical (unpaired) electrons. The quantitative estimate of drug-likeness (QED) is 0.580. The first-order chi connectivity index (χ1) is 13.7. The second-order valence-corrected chi connectivity index (χ2v) is 7.94. The van der Waals surface area contributed by atoms with E-state index in [2.05, 4.69) is 24.4 Å².